The zero-order valence-electron chi connectivity index (χ0n) is 29.9. The normalized spacial score (nSPS) is 37.6. The number of rotatable bonds is 8. The minimum Gasteiger partial charge on any atom is -0.477 e. The first kappa shape index (κ1) is 34.7. The van der Waals surface area contributed by atoms with Crippen LogP contribution in [0.15, 0.2) is 36.4 Å². The minimum atomic E-state index is -0.960. The van der Waals surface area contributed by atoms with Crippen LogP contribution in [0.5, 0.6) is 0 Å². The van der Waals surface area contributed by atoms with Gasteiger partial charge in [0.05, 0.1) is 18.1 Å². The van der Waals surface area contributed by atoms with Crippen LogP contribution in [0.3, 0.4) is 0 Å². The van der Waals surface area contributed by atoms with Crippen molar-refractivity contribution >= 4 is 29.1 Å². The Labute approximate surface area is 296 Å². The molecule has 0 saturated heterocycles. The molecule has 5 aliphatic rings. The Balaban J connectivity index is 0.974. The molecule has 7 nitrogen and oxygen atoms in total. The summed E-state index contributed by atoms with van der Waals surface area (Å²) in [6, 6.07) is 10.9. The van der Waals surface area contributed by atoms with Crippen LogP contribution in [0.1, 0.15) is 129 Å². The van der Waals surface area contributed by atoms with E-state index in [1.54, 1.807) is 18.2 Å². The molecule has 266 valence electrons. The third-order valence-electron chi connectivity index (χ3n) is 15.1. The first-order chi connectivity index (χ1) is 23.3. The van der Waals surface area contributed by atoms with Crippen molar-refractivity contribution in [3.63, 3.8) is 0 Å². The number of aliphatic hydroxyl groups excluding tert-OH is 1. The molecule has 49 heavy (non-hydrogen) atoms. The molecule has 0 aliphatic heterocycles. The summed E-state index contributed by atoms with van der Waals surface area (Å²) in [6.45, 7) is 10.7. The third-order valence-corrected chi connectivity index (χ3v) is 16.2. The summed E-state index contributed by atoms with van der Waals surface area (Å²) in [5, 5.41) is 26.4. The fraction of sp³-hybridized carbons (Fsp3) is 0.683. The highest BCUT2D eigenvalue weighted by Crippen LogP contribution is 2.73. The molecule has 9 unspecified atom stereocenters. The lowest BCUT2D eigenvalue weighted by Crippen LogP contribution is -2.63. The summed E-state index contributed by atoms with van der Waals surface area (Å²) in [7, 11) is 0. The fourth-order valence-corrected chi connectivity index (χ4v) is 13.6. The van der Waals surface area contributed by atoms with Gasteiger partial charge in [-0.1, -0.05) is 46.2 Å². The molecular formula is C41H56N2O5S. The molecule has 8 heteroatoms. The van der Waals surface area contributed by atoms with Gasteiger partial charge >= 0.3 is 5.97 Å². The Morgan fingerprint density at radius 1 is 0.837 bits per heavy atom. The molecule has 1 aromatic heterocycles. The van der Waals surface area contributed by atoms with Crippen LogP contribution in [0, 0.1) is 51.2 Å². The third kappa shape index (κ3) is 5.77. The SMILES string of the molecule is CC1(C)C(O)CCC2(C)C1CCC1(C)C3CCC4(C(=O)NCCc5cccc(C(=O)NCc6ccc(C(=O)O)s6)c5)CCCC4C3CCC12. The number of carboxylic acid groups (broad SMARTS) is 1. The summed E-state index contributed by atoms with van der Waals surface area (Å²) in [4.78, 5) is 39.3. The molecule has 2 aromatic rings. The first-order valence-electron chi connectivity index (χ1n) is 18.9. The summed E-state index contributed by atoms with van der Waals surface area (Å²) < 4.78 is 0. The smallest absolute Gasteiger partial charge is 0.345 e. The molecule has 1 aromatic carbocycles. The summed E-state index contributed by atoms with van der Waals surface area (Å²) in [5.41, 5.74) is 1.91. The van der Waals surface area contributed by atoms with E-state index in [0.717, 1.165) is 60.3 Å². The van der Waals surface area contributed by atoms with E-state index in [0.29, 0.717) is 53.5 Å². The summed E-state index contributed by atoms with van der Waals surface area (Å²) >= 11 is 1.16. The molecule has 0 bridgehead atoms. The molecular weight excluding hydrogens is 633 g/mol. The monoisotopic (exact) mass is 688 g/mol. The van der Waals surface area contributed by atoms with Gasteiger partial charge in [-0.3, -0.25) is 9.59 Å². The Kier molecular flexibility index (Phi) is 9.08. The molecule has 1 heterocycles. The fourth-order valence-electron chi connectivity index (χ4n) is 12.8. The highest BCUT2D eigenvalue weighted by atomic mass is 32.1. The van der Waals surface area contributed by atoms with Crippen molar-refractivity contribution in [3.05, 3.63) is 57.3 Å². The standard InChI is InChI=1S/C41H56N2O5S/c1-38(2)32-15-19-39(3)29-14-21-41(18-6-9-30(41)28(29)11-13-33(39)40(32,4)20-16-34(38)44)37(48)42-22-17-25-7-5-8-26(23-25)35(45)43-24-27-10-12-31(49-27)36(46)47/h5,7-8,10,12,23,28-30,32-34,44H,6,9,11,13-22,24H2,1-4H3,(H,42,48)(H,43,45)(H,46,47). The lowest BCUT2D eigenvalue weighted by atomic mass is 9.36. The Morgan fingerprint density at radius 2 is 1.63 bits per heavy atom. The second-order valence-electron chi connectivity index (χ2n) is 17.5. The predicted octanol–water partition coefficient (Wildman–Crippen LogP) is 7.86. The van der Waals surface area contributed by atoms with E-state index in [1.165, 1.54) is 32.1 Å². The highest BCUT2D eigenvalue weighted by molar-refractivity contribution is 7.13. The first-order valence-corrected chi connectivity index (χ1v) is 19.8. The lowest BCUT2D eigenvalue weighted by Gasteiger charge is -2.69. The number of carboxylic acids is 1. The molecule has 0 radical (unpaired) electrons. The van der Waals surface area contributed by atoms with E-state index in [1.807, 2.05) is 18.2 Å². The maximum atomic E-state index is 14.2. The number of carbonyl (C=O) groups excluding carboxylic acids is 2. The Morgan fingerprint density at radius 3 is 2.41 bits per heavy atom. The number of aromatic carboxylic acids is 1. The van der Waals surface area contributed by atoms with Crippen LogP contribution in [0.25, 0.3) is 0 Å². The topological polar surface area (TPSA) is 116 Å². The van der Waals surface area contributed by atoms with Gasteiger partial charge in [0.15, 0.2) is 0 Å². The summed E-state index contributed by atoms with van der Waals surface area (Å²) in [6.07, 6.45) is 13.0. The quantitative estimate of drug-likeness (QED) is 0.225. The van der Waals surface area contributed by atoms with Gasteiger partial charge in [0.2, 0.25) is 5.91 Å². The number of amides is 2. The Bertz CT molecular complexity index is 1600. The van der Waals surface area contributed by atoms with E-state index in [4.69, 9.17) is 5.11 Å². The molecule has 9 atom stereocenters. The van der Waals surface area contributed by atoms with Crippen molar-refractivity contribution in [3.8, 4) is 0 Å². The average molecular weight is 689 g/mol. The van der Waals surface area contributed by atoms with Crippen LogP contribution in [0.4, 0.5) is 0 Å². The molecule has 0 spiro atoms. The number of thiophene rings is 1. The van der Waals surface area contributed by atoms with E-state index >= 15 is 0 Å². The van der Waals surface area contributed by atoms with Gasteiger partial charge in [-0.15, -0.1) is 11.3 Å². The van der Waals surface area contributed by atoms with Gasteiger partial charge in [-0.25, -0.2) is 4.79 Å². The summed E-state index contributed by atoms with van der Waals surface area (Å²) in [5.74, 6) is 2.17. The van der Waals surface area contributed by atoms with Crippen LogP contribution < -0.4 is 10.6 Å². The van der Waals surface area contributed by atoms with E-state index < -0.39 is 5.97 Å². The van der Waals surface area contributed by atoms with Gasteiger partial charge in [0, 0.05) is 17.0 Å². The largest absolute Gasteiger partial charge is 0.477 e. The number of nitrogens with one attached hydrogen (secondary N) is 2. The zero-order valence-corrected chi connectivity index (χ0v) is 30.7. The van der Waals surface area contributed by atoms with Crippen LogP contribution in [-0.2, 0) is 17.8 Å². The molecule has 5 aliphatic carbocycles. The number of hydrogen-bond donors (Lipinski definition) is 4. The lowest BCUT2D eigenvalue weighted by molar-refractivity contribution is -0.214. The van der Waals surface area contributed by atoms with Crippen LogP contribution in [-0.4, -0.2) is 40.6 Å². The van der Waals surface area contributed by atoms with Gasteiger partial charge < -0.3 is 20.8 Å². The van der Waals surface area contributed by atoms with Crippen LogP contribution >= 0.6 is 11.3 Å². The average Bonchev–Trinajstić information content (AvgIpc) is 3.74. The maximum absolute atomic E-state index is 14.2. The van der Waals surface area contributed by atoms with Gasteiger partial charge in [0.1, 0.15) is 4.88 Å². The number of fused-ring (bicyclic) bond motifs is 7. The van der Waals surface area contributed by atoms with Crippen LogP contribution in [0.2, 0.25) is 0 Å². The van der Waals surface area contributed by atoms with E-state index in [2.05, 4.69) is 38.3 Å². The Hall–Kier alpha value is -2.71. The van der Waals surface area contributed by atoms with E-state index in [9.17, 15) is 19.5 Å². The molecule has 5 saturated carbocycles. The maximum Gasteiger partial charge on any atom is 0.345 e. The molecule has 4 N–H and O–H groups in total. The highest BCUT2D eigenvalue weighted by Gasteiger charge is 2.67. The van der Waals surface area contributed by atoms with Crippen molar-refractivity contribution in [1.82, 2.24) is 10.6 Å². The van der Waals surface area contributed by atoms with Crippen molar-refractivity contribution in [2.24, 2.45) is 51.2 Å². The minimum absolute atomic E-state index is 0.0239. The van der Waals surface area contributed by atoms with Crippen molar-refractivity contribution in [2.75, 3.05) is 6.54 Å². The second kappa shape index (κ2) is 12.8. The second-order valence-corrected chi connectivity index (χ2v) is 18.7. The van der Waals surface area contributed by atoms with Crippen molar-refractivity contribution in [2.45, 2.75) is 117 Å². The number of benzene rings is 1. The molecule has 2 amide bonds. The zero-order chi connectivity index (χ0) is 34.8. The molecule has 5 fully saturated rings. The van der Waals surface area contributed by atoms with Crippen molar-refractivity contribution < 1.29 is 24.6 Å². The number of aliphatic hydroxyl groups is 1. The van der Waals surface area contributed by atoms with Gasteiger partial charge in [-0.05, 0) is 146 Å². The van der Waals surface area contributed by atoms with E-state index in [-0.39, 0.29) is 45.6 Å². The van der Waals surface area contributed by atoms with Gasteiger partial charge in [-0.2, -0.15) is 0 Å². The van der Waals surface area contributed by atoms with Crippen molar-refractivity contribution in [1.29, 1.82) is 0 Å². The van der Waals surface area contributed by atoms with Gasteiger partial charge in [0.25, 0.3) is 5.91 Å². The number of hydrogen-bond acceptors (Lipinski definition) is 5. The predicted molar refractivity (Wildman–Crippen MR) is 192 cm³/mol. The molecule has 7 rings (SSSR count). The number of carbonyl (C=O) groups is 3.